The minimum Gasteiger partial charge on any atom is -0.365 e. The third-order valence-corrected chi connectivity index (χ3v) is 5.43. The Balaban J connectivity index is 1.78. The molecule has 0 aliphatic rings. The van der Waals surface area contributed by atoms with Crippen molar-refractivity contribution in [3.63, 3.8) is 0 Å². The number of nitrogens with one attached hydrogen (secondary N) is 1. The van der Waals surface area contributed by atoms with Crippen molar-refractivity contribution < 1.29 is 9.59 Å². The summed E-state index contributed by atoms with van der Waals surface area (Å²) >= 11 is 6.82. The molecule has 140 valence electrons. The zero-order valence-corrected chi connectivity index (χ0v) is 17.9. The van der Waals surface area contributed by atoms with Gasteiger partial charge in [-0.3, -0.25) is 9.59 Å². The Labute approximate surface area is 172 Å². The van der Waals surface area contributed by atoms with Gasteiger partial charge in [-0.1, -0.05) is 15.9 Å². The van der Waals surface area contributed by atoms with Crippen LogP contribution in [0.2, 0.25) is 0 Å². The van der Waals surface area contributed by atoms with E-state index in [0.29, 0.717) is 24.2 Å². The Bertz CT molecular complexity index is 1060. The van der Waals surface area contributed by atoms with Crippen molar-refractivity contribution in [3.8, 4) is 0 Å². The smallest absolute Gasteiger partial charge is 0.254 e. The summed E-state index contributed by atoms with van der Waals surface area (Å²) in [5, 5.41) is 7.09. The summed E-state index contributed by atoms with van der Waals surface area (Å²) in [4.78, 5) is 28.3. The molecule has 0 atom stereocenters. The number of anilines is 1. The molecule has 9 heteroatoms. The predicted octanol–water partition coefficient (Wildman–Crippen LogP) is 3.54. The third-order valence-electron chi connectivity index (χ3n) is 4.28. The van der Waals surface area contributed by atoms with Gasteiger partial charge in [0, 0.05) is 26.8 Å². The SMILES string of the molecule is Cc1nc2c(C(N)=O)cnn2c(C)c1CCC(=O)Nc1ccc(Br)cc1Br. The summed E-state index contributed by atoms with van der Waals surface area (Å²) in [7, 11) is 0. The number of aromatic nitrogens is 3. The van der Waals surface area contributed by atoms with Crippen molar-refractivity contribution in [3.05, 3.63) is 55.9 Å². The van der Waals surface area contributed by atoms with E-state index in [-0.39, 0.29) is 11.5 Å². The number of carbonyl (C=O) groups excluding carboxylic acids is 2. The van der Waals surface area contributed by atoms with E-state index < -0.39 is 5.91 Å². The highest BCUT2D eigenvalue weighted by atomic mass is 79.9. The van der Waals surface area contributed by atoms with Crippen LogP contribution in [0.3, 0.4) is 0 Å². The van der Waals surface area contributed by atoms with Crippen LogP contribution in [0, 0.1) is 13.8 Å². The number of nitrogens with two attached hydrogens (primary N) is 1. The van der Waals surface area contributed by atoms with Crippen LogP contribution in [0.1, 0.15) is 33.7 Å². The number of primary amides is 1. The van der Waals surface area contributed by atoms with Crippen molar-refractivity contribution in [1.29, 1.82) is 0 Å². The third kappa shape index (κ3) is 4.03. The monoisotopic (exact) mass is 493 g/mol. The number of halogens is 2. The van der Waals surface area contributed by atoms with Gasteiger partial charge in [0.25, 0.3) is 5.91 Å². The van der Waals surface area contributed by atoms with Crippen LogP contribution < -0.4 is 11.1 Å². The van der Waals surface area contributed by atoms with Crippen molar-refractivity contribution in [2.75, 3.05) is 5.32 Å². The molecule has 3 N–H and O–H groups in total. The minimum atomic E-state index is -0.566. The van der Waals surface area contributed by atoms with E-state index in [1.165, 1.54) is 6.20 Å². The highest BCUT2D eigenvalue weighted by Crippen LogP contribution is 2.26. The van der Waals surface area contributed by atoms with Crippen LogP contribution >= 0.6 is 31.9 Å². The van der Waals surface area contributed by atoms with Crippen LogP contribution in [0.5, 0.6) is 0 Å². The number of hydrogen-bond donors (Lipinski definition) is 2. The molecule has 2 aromatic heterocycles. The number of nitrogens with zero attached hydrogens (tertiary/aromatic N) is 3. The average Bonchev–Trinajstić information content (AvgIpc) is 3.01. The van der Waals surface area contributed by atoms with Crippen LogP contribution in [-0.2, 0) is 11.2 Å². The second-order valence-corrected chi connectivity index (χ2v) is 7.86. The zero-order valence-electron chi connectivity index (χ0n) is 14.7. The molecule has 0 saturated heterocycles. The minimum absolute atomic E-state index is 0.102. The molecule has 0 radical (unpaired) electrons. The van der Waals surface area contributed by atoms with Gasteiger partial charge in [0.1, 0.15) is 5.56 Å². The number of carbonyl (C=O) groups is 2. The Morgan fingerprint density at radius 2 is 2.00 bits per heavy atom. The summed E-state index contributed by atoms with van der Waals surface area (Å²) in [5.41, 5.74) is 9.30. The van der Waals surface area contributed by atoms with Gasteiger partial charge in [0.05, 0.1) is 11.9 Å². The van der Waals surface area contributed by atoms with Gasteiger partial charge in [-0.05, 0) is 60.0 Å². The predicted molar refractivity (Wildman–Crippen MR) is 110 cm³/mol. The number of benzene rings is 1. The number of hydrogen-bond acceptors (Lipinski definition) is 4. The van der Waals surface area contributed by atoms with E-state index >= 15 is 0 Å². The van der Waals surface area contributed by atoms with Crippen LogP contribution in [0.4, 0.5) is 5.69 Å². The van der Waals surface area contributed by atoms with E-state index in [2.05, 4.69) is 47.3 Å². The van der Waals surface area contributed by atoms with Gasteiger partial charge < -0.3 is 11.1 Å². The van der Waals surface area contributed by atoms with Crippen LogP contribution in [-0.4, -0.2) is 26.4 Å². The Kier molecular flexibility index (Phi) is 5.61. The van der Waals surface area contributed by atoms with Gasteiger partial charge >= 0.3 is 0 Å². The maximum absolute atomic E-state index is 12.4. The second kappa shape index (κ2) is 7.77. The fourth-order valence-electron chi connectivity index (χ4n) is 2.89. The first kappa shape index (κ1) is 19.5. The highest BCUT2D eigenvalue weighted by molar-refractivity contribution is 9.11. The molecule has 2 amide bonds. The van der Waals surface area contributed by atoms with E-state index in [9.17, 15) is 9.59 Å². The van der Waals surface area contributed by atoms with E-state index in [1.807, 2.05) is 32.0 Å². The van der Waals surface area contributed by atoms with E-state index in [1.54, 1.807) is 4.52 Å². The summed E-state index contributed by atoms with van der Waals surface area (Å²) in [6.07, 6.45) is 2.21. The first-order chi connectivity index (χ1) is 12.8. The van der Waals surface area contributed by atoms with Gasteiger partial charge in [-0.15, -0.1) is 0 Å². The maximum atomic E-state index is 12.4. The molecule has 0 aliphatic carbocycles. The number of amides is 2. The Morgan fingerprint density at radius 1 is 1.26 bits per heavy atom. The Hall–Kier alpha value is -2.26. The summed E-state index contributed by atoms with van der Waals surface area (Å²) < 4.78 is 3.31. The van der Waals surface area contributed by atoms with Crippen LogP contribution in [0.15, 0.2) is 33.3 Å². The molecule has 3 aromatic rings. The van der Waals surface area contributed by atoms with E-state index in [4.69, 9.17) is 5.73 Å². The molecule has 1 aromatic carbocycles. The fraction of sp³-hybridized carbons (Fsp3) is 0.222. The molecule has 0 aliphatic heterocycles. The zero-order chi connectivity index (χ0) is 19.7. The standard InChI is InChI=1S/C18H17Br2N5O2/c1-9-12(10(2)25-18(23-9)13(8-22-25)17(21)27)4-6-16(26)24-15-5-3-11(19)7-14(15)20/h3,5,7-8H,4,6H2,1-2H3,(H2,21,27)(H,24,26). The van der Waals surface area contributed by atoms with Crippen molar-refractivity contribution >= 4 is 55.0 Å². The molecule has 0 unspecified atom stereocenters. The average molecular weight is 495 g/mol. The van der Waals surface area contributed by atoms with Crippen molar-refractivity contribution in [2.45, 2.75) is 26.7 Å². The molecular weight excluding hydrogens is 478 g/mol. The summed E-state index contributed by atoms with van der Waals surface area (Å²) in [6, 6.07) is 5.56. The van der Waals surface area contributed by atoms with Gasteiger partial charge in [0.2, 0.25) is 5.91 Å². The fourth-order valence-corrected chi connectivity index (χ4v) is 4.03. The number of rotatable bonds is 5. The van der Waals surface area contributed by atoms with E-state index in [0.717, 1.165) is 25.9 Å². The number of aryl methyl sites for hydroxylation is 2. The van der Waals surface area contributed by atoms with Gasteiger partial charge in [-0.25, -0.2) is 9.50 Å². The quantitative estimate of drug-likeness (QED) is 0.566. The molecule has 2 heterocycles. The lowest BCUT2D eigenvalue weighted by Gasteiger charge is -2.12. The largest absolute Gasteiger partial charge is 0.365 e. The molecule has 0 bridgehead atoms. The molecule has 7 nitrogen and oxygen atoms in total. The molecule has 27 heavy (non-hydrogen) atoms. The molecule has 0 saturated carbocycles. The first-order valence-corrected chi connectivity index (χ1v) is 9.75. The lowest BCUT2D eigenvalue weighted by Crippen LogP contribution is -2.15. The second-order valence-electron chi connectivity index (χ2n) is 6.09. The van der Waals surface area contributed by atoms with Crippen molar-refractivity contribution in [1.82, 2.24) is 14.6 Å². The maximum Gasteiger partial charge on any atom is 0.254 e. The van der Waals surface area contributed by atoms with Gasteiger partial charge in [0.15, 0.2) is 5.65 Å². The van der Waals surface area contributed by atoms with Crippen molar-refractivity contribution in [2.24, 2.45) is 5.73 Å². The lowest BCUT2D eigenvalue weighted by molar-refractivity contribution is -0.116. The lowest BCUT2D eigenvalue weighted by atomic mass is 10.1. The normalized spacial score (nSPS) is 11.0. The Morgan fingerprint density at radius 3 is 2.67 bits per heavy atom. The molecule has 3 rings (SSSR count). The topological polar surface area (TPSA) is 102 Å². The highest BCUT2D eigenvalue weighted by Gasteiger charge is 2.17. The van der Waals surface area contributed by atoms with Crippen LogP contribution in [0.25, 0.3) is 5.65 Å². The molecule has 0 spiro atoms. The first-order valence-electron chi connectivity index (χ1n) is 8.16. The van der Waals surface area contributed by atoms with Gasteiger partial charge in [-0.2, -0.15) is 5.10 Å². The molecular formula is C18H17Br2N5O2. The number of fused-ring (bicyclic) bond motifs is 1. The summed E-state index contributed by atoms with van der Waals surface area (Å²) in [6.45, 7) is 3.74. The molecule has 0 fully saturated rings. The summed E-state index contributed by atoms with van der Waals surface area (Å²) in [5.74, 6) is -0.668.